The molecule has 2 aromatic rings. The Morgan fingerprint density at radius 3 is 2.80 bits per heavy atom. The van der Waals surface area contributed by atoms with Crippen molar-refractivity contribution in [3.8, 4) is 6.07 Å². The molecule has 1 heterocycles. The maximum absolute atomic E-state index is 11.4. The van der Waals surface area contributed by atoms with Gasteiger partial charge in [-0.3, -0.25) is 4.98 Å². The van der Waals surface area contributed by atoms with Crippen LogP contribution in [0.25, 0.3) is 10.9 Å². The zero-order valence-electron chi connectivity index (χ0n) is 10.9. The molecule has 2 rings (SSSR count). The third-order valence-electron chi connectivity index (χ3n) is 2.88. The molecule has 0 atom stereocenters. The summed E-state index contributed by atoms with van der Waals surface area (Å²) < 4.78 is 25.0. The Bertz CT molecular complexity index is 766. The Morgan fingerprint density at radius 1 is 1.35 bits per heavy atom. The number of sulfonamides is 1. The predicted molar refractivity (Wildman–Crippen MR) is 77.8 cm³/mol. The zero-order chi connectivity index (χ0) is 14.6. The van der Waals surface area contributed by atoms with Crippen LogP contribution >= 0.6 is 0 Å². The lowest BCUT2D eigenvalue weighted by Crippen LogP contribution is -2.26. The van der Waals surface area contributed by atoms with E-state index in [-0.39, 0.29) is 12.3 Å². The standard InChI is InChI=1S/C13H14N4O2S/c1-15-20(18,19)7-6-16-13-10(8-14)9-17-12-5-3-2-4-11(12)13/h2-5,9,15H,6-7H2,1H3,(H,16,17). The van der Waals surface area contributed by atoms with Crippen molar-refractivity contribution in [1.82, 2.24) is 9.71 Å². The number of aromatic nitrogens is 1. The largest absolute Gasteiger partial charge is 0.382 e. The van der Waals surface area contributed by atoms with E-state index in [1.807, 2.05) is 24.3 Å². The number of nitrogens with one attached hydrogen (secondary N) is 2. The van der Waals surface area contributed by atoms with Crippen LogP contribution in [-0.4, -0.2) is 32.7 Å². The van der Waals surface area contributed by atoms with E-state index in [4.69, 9.17) is 5.26 Å². The fraction of sp³-hybridized carbons (Fsp3) is 0.231. The number of nitriles is 1. The zero-order valence-corrected chi connectivity index (χ0v) is 11.7. The highest BCUT2D eigenvalue weighted by atomic mass is 32.2. The van der Waals surface area contributed by atoms with Gasteiger partial charge in [-0.1, -0.05) is 18.2 Å². The molecule has 0 bridgehead atoms. The van der Waals surface area contributed by atoms with Crippen molar-refractivity contribution >= 4 is 26.6 Å². The van der Waals surface area contributed by atoms with Crippen LogP contribution in [0, 0.1) is 11.3 Å². The first-order valence-electron chi connectivity index (χ1n) is 6.00. The van der Waals surface area contributed by atoms with Gasteiger partial charge in [0.1, 0.15) is 6.07 Å². The molecule has 1 aromatic heterocycles. The van der Waals surface area contributed by atoms with Gasteiger partial charge >= 0.3 is 0 Å². The highest BCUT2D eigenvalue weighted by molar-refractivity contribution is 7.89. The Kier molecular flexibility index (Phi) is 4.17. The molecule has 0 radical (unpaired) electrons. The first-order chi connectivity index (χ1) is 9.57. The minimum atomic E-state index is -3.27. The molecule has 6 nitrogen and oxygen atoms in total. The van der Waals surface area contributed by atoms with E-state index in [0.29, 0.717) is 11.3 Å². The third kappa shape index (κ3) is 3.04. The maximum Gasteiger partial charge on any atom is 0.213 e. The summed E-state index contributed by atoms with van der Waals surface area (Å²) in [7, 11) is -1.90. The number of benzene rings is 1. The number of para-hydroxylation sites is 1. The number of hydrogen-bond donors (Lipinski definition) is 2. The fourth-order valence-electron chi connectivity index (χ4n) is 1.83. The minimum Gasteiger partial charge on any atom is -0.382 e. The number of hydrogen-bond acceptors (Lipinski definition) is 5. The van der Waals surface area contributed by atoms with Crippen molar-refractivity contribution in [2.75, 3.05) is 24.7 Å². The normalized spacial score (nSPS) is 11.2. The first-order valence-corrected chi connectivity index (χ1v) is 7.65. The number of nitrogens with zero attached hydrogens (tertiary/aromatic N) is 2. The molecule has 20 heavy (non-hydrogen) atoms. The fourth-order valence-corrected chi connectivity index (χ4v) is 2.40. The predicted octanol–water partition coefficient (Wildman–Crippen LogP) is 1.07. The molecule has 0 amide bonds. The summed E-state index contributed by atoms with van der Waals surface area (Å²) in [5, 5.41) is 12.9. The summed E-state index contributed by atoms with van der Waals surface area (Å²) in [6.07, 6.45) is 1.48. The van der Waals surface area contributed by atoms with Crippen molar-refractivity contribution in [3.63, 3.8) is 0 Å². The van der Waals surface area contributed by atoms with Crippen LogP contribution in [-0.2, 0) is 10.0 Å². The molecule has 0 aliphatic carbocycles. The van der Waals surface area contributed by atoms with Gasteiger partial charge in [0.25, 0.3) is 0 Å². The lowest BCUT2D eigenvalue weighted by atomic mass is 10.1. The smallest absolute Gasteiger partial charge is 0.213 e. The van der Waals surface area contributed by atoms with Crippen molar-refractivity contribution in [1.29, 1.82) is 5.26 Å². The van der Waals surface area contributed by atoms with Gasteiger partial charge in [-0.2, -0.15) is 5.26 Å². The topological polar surface area (TPSA) is 94.9 Å². The van der Waals surface area contributed by atoms with E-state index in [1.54, 1.807) is 0 Å². The lowest BCUT2D eigenvalue weighted by molar-refractivity contribution is 0.588. The molecular formula is C13H14N4O2S. The van der Waals surface area contributed by atoms with E-state index in [1.165, 1.54) is 13.2 Å². The van der Waals surface area contributed by atoms with E-state index in [2.05, 4.69) is 21.1 Å². The quantitative estimate of drug-likeness (QED) is 0.858. The molecular weight excluding hydrogens is 276 g/mol. The summed E-state index contributed by atoms with van der Waals surface area (Å²) in [4.78, 5) is 4.19. The van der Waals surface area contributed by atoms with Crippen LogP contribution in [0.5, 0.6) is 0 Å². The van der Waals surface area contributed by atoms with Gasteiger partial charge in [0, 0.05) is 18.1 Å². The highest BCUT2D eigenvalue weighted by Gasteiger charge is 2.10. The molecule has 0 aliphatic heterocycles. The molecule has 1 aromatic carbocycles. The average Bonchev–Trinajstić information content (AvgIpc) is 2.47. The summed E-state index contributed by atoms with van der Waals surface area (Å²) >= 11 is 0. The monoisotopic (exact) mass is 290 g/mol. The summed E-state index contributed by atoms with van der Waals surface area (Å²) in [5.74, 6) is -0.0645. The molecule has 0 spiro atoms. The van der Waals surface area contributed by atoms with Crippen LogP contribution in [0.2, 0.25) is 0 Å². The van der Waals surface area contributed by atoms with E-state index in [9.17, 15) is 8.42 Å². The minimum absolute atomic E-state index is 0.0645. The van der Waals surface area contributed by atoms with Crippen LogP contribution in [0.1, 0.15) is 5.56 Å². The van der Waals surface area contributed by atoms with Crippen LogP contribution < -0.4 is 10.0 Å². The summed E-state index contributed by atoms with van der Waals surface area (Å²) in [6.45, 7) is 0.214. The van der Waals surface area contributed by atoms with E-state index >= 15 is 0 Å². The Hall–Kier alpha value is -2.17. The van der Waals surface area contributed by atoms with Gasteiger partial charge in [0.15, 0.2) is 0 Å². The van der Waals surface area contributed by atoms with Crippen LogP contribution in [0.4, 0.5) is 5.69 Å². The Morgan fingerprint density at radius 2 is 2.10 bits per heavy atom. The summed E-state index contributed by atoms with van der Waals surface area (Å²) in [6, 6.07) is 9.45. The second kappa shape index (κ2) is 5.86. The van der Waals surface area contributed by atoms with Crippen LogP contribution in [0.15, 0.2) is 30.5 Å². The van der Waals surface area contributed by atoms with Gasteiger partial charge in [0.05, 0.1) is 22.5 Å². The van der Waals surface area contributed by atoms with Crippen LogP contribution in [0.3, 0.4) is 0 Å². The number of fused-ring (bicyclic) bond motifs is 1. The van der Waals surface area contributed by atoms with Crippen molar-refractivity contribution in [2.24, 2.45) is 0 Å². The molecule has 0 saturated carbocycles. The van der Waals surface area contributed by atoms with Gasteiger partial charge < -0.3 is 5.32 Å². The SMILES string of the molecule is CNS(=O)(=O)CCNc1c(C#N)cnc2ccccc12. The molecule has 0 fully saturated rings. The van der Waals surface area contributed by atoms with Crippen molar-refractivity contribution < 1.29 is 8.42 Å². The van der Waals surface area contributed by atoms with E-state index < -0.39 is 10.0 Å². The maximum atomic E-state index is 11.4. The Labute approximate surface area is 117 Å². The number of pyridine rings is 1. The Balaban J connectivity index is 2.31. The first kappa shape index (κ1) is 14.2. The van der Waals surface area contributed by atoms with E-state index in [0.717, 1.165) is 10.9 Å². The second-order valence-corrected chi connectivity index (χ2v) is 6.17. The number of anilines is 1. The summed E-state index contributed by atoms with van der Waals surface area (Å²) in [5.41, 5.74) is 1.76. The molecule has 104 valence electrons. The number of rotatable bonds is 5. The van der Waals surface area contributed by atoms with Crippen molar-refractivity contribution in [3.05, 3.63) is 36.0 Å². The highest BCUT2D eigenvalue weighted by Crippen LogP contribution is 2.24. The molecule has 0 saturated heterocycles. The average molecular weight is 290 g/mol. The van der Waals surface area contributed by atoms with Gasteiger partial charge in [0.2, 0.25) is 10.0 Å². The van der Waals surface area contributed by atoms with Gasteiger partial charge in [-0.05, 0) is 13.1 Å². The molecule has 0 aliphatic rings. The van der Waals surface area contributed by atoms with Crippen molar-refractivity contribution in [2.45, 2.75) is 0 Å². The van der Waals surface area contributed by atoms with Gasteiger partial charge in [-0.15, -0.1) is 0 Å². The third-order valence-corrected chi connectivity index (χ3v) is 4.24. The van der Waals surface area contributed by atoms with Gasteiger partial charge in [-0.25, -0.2) is 13.1 Å². The molecule has 2 N–H and O–H groups in total. The molecule has 7 heteroatoms. The molecule has 0 unspecified atom stereocenters. The lowest BCUT2D eigenvalue weighted by Gasteiger charge is -2.11. The second-order valence-electron chi connectivity index (χ2n) is 4.13.